The Kier molecular flexibility index (Phi) is 11.7. The van der Waals surface area contributed by atoms with Crippen LogP contribution in [-0.4, -0.2) is 0 Å². The van der Waals surface area contributed by atoms with Gasteiger partial charge in [-0.1, -0.05) is 45.4 Å². The van der Waals surface area contributed by atoms with Crippen LogP contribution >= 0.6 is 0 Å². The van der Waals surface area contributed by atoms with Crippen molar-refractivity contribution in [2.75, 3.05) is 0 Å². The summed E-state index contributed by atoms with van der Waals surface area (Å²) in [4.78, 5) is 0. The van der Waals surface area contributed by atoms with Gasteiger partial charge in [0, 0.05) is 77.1 Å². The van der Waals surface area contributed by atoms with E-state index in [1.165, 1.54) is 63.5 Å². The molecule has 2 aliphatic rings. The van der Waals surface area contributed by atoms with Crippen LogP contribution in [0.3, 0.4) is 0 Å². The van der Waals surface area contributed by atoms with Crippen molar-refractivity contribution in [2.24, 2.45) is 17.8 Å². The standard InChI is InChI=1S/C21H29F2.2Y/c1-15-2-4-16(5-3-15)6-7-17-8-10-18(11-9-17)19-12-20(22)14-21(23)13-19;;/h12-13,15-18H,2-11H2,1H3;;/q-1;;. The molecule has 4 heteroatoms. The quantitative estimate of drug-likeness (QED) is 0.410. The molecule has 0 N–H and O–H groups in total. The van der Waals surface area contributed by atoms with E-state index in [1.54, 1.807) is 0 Å². The van der Waals surface area contributed by atoms with Crippen LogP contribution in [0, 0.1) is 35.5 Å². The molecular formula is C21H29F2Y2-. The molecular weight excluding hydrogens is 468 g/mol. The van der Waals surface area contributed by atoms with Crippen molar-refractivity contribution in [1.29, 1.82) is 0 Å². The minimum Gasteiger partial charge on any atom is -0.236 e. The van der Waals surface area contributed by atoms with Crippen LogP contribution in [0.15, 0.2) is 12.1 Å². The van der Waals surface area contributed by atoms with E-state index in [1.807, 2.05) is 0 Å². The van der Waals surface area contributed by atoms with Crippen LogP contribution in [-0.2, 0) is 65.4 Å². The van der Waals surface area contributed by atoms with E-state index in [0.29, 0.717) is 5.92 Å². The summed E-state index contributed by atoms with van der Waals surface area (Å²) in [6.07, 6.45) is 13.0. The fourth-order valence-corrected chi connectivity index (χ4v) is 4.63. The van der Waals surface area contributed by atoms with Gasteiger partial charge in [0.1, 0.15) is 0 Å². The number of hydrogen-bond acceptors (Lipinski definition) is 0. The second-order valence-corrected chi connectivity index (χ2v) is 8.03. The summed E-state index contributed by atoms with van der Waals surface area (Å²) < 4.78 is 26.6. The van der Waals surface area contributed by atoms with E-state index in [9.17, 15) is 8.78 Å². The van der Waals surface area contributed by atoms with Crippen molar-refractivity contribution >= 4 is 0 Å². The zero-order chi connectivity index (χ0) is 16.2. The van der Waals surface area contributed by atoms with E-state index in [4.69, 9.17) is 0 Å². The molecule has 0 bridgehead atoms. The molecule has 0 nitrogen and oxygen atoms in total. The van der Waals surface area contributed by atoms with Crippen LogP contribution in [0.5, 0.6) is 0 Å². The fraction of sp³-hybridized carbons (Fsp3) is 0.714. The maximum absolute atomic E-state index is 13.3. The summed E-state index contributed by atoms with van der Waals surface area (Å²) in [6, 6.07) is 5.02. The molecule has 1 aromatic rings. The molecule has 0 spiro atoms. The van der Waals surface area contributed by atoms with E-state index in [0.717, 1.165) is 36.2 Å². The molecule has 25 heavy (non-hydrogen) atoms. The second-order valence-electron chi connectivity index (χ2n) is 8.03. The second kappa shape index (κ2) is 12.0. The minimum absolute atomic E-state index is 0. The molecule has 1 aromatic carbocycles. The molecule has 0 aromatic heterocycles. The summed E-state index contributed by atoms with van der Waals surface area (Å²) in [7, 11) is 0. The van der Waals surface area contributed by atoms with Crippen molar-refractivity contribution < 1.29 is 74.2 Å². The fourth-order valence-electron chi connectivity index (χ4n) is 4.63. The van der Waals surface area contributed by atoms with E-state index in [-0.39, 0.29) is 65.4 Å². The van der Waals surface area contributed by atoms with E-state index in [2.05, 4.69) is 13.0 Å². The van der Waals surface area contributed by atoms with Gasteiger partial charge in [0.25, 0.3) is 0 Å². The van der Waals surface area contributed by atoms with Gasteiger partial charge in [-0.2, -0.15) is 0 Å². The zero-order valence-corrected chi connectivity index (χ0v) is 21.1. The third kappa shape index (κ3) is 7.67. The Morgan fingerprint density at radius 3 is 1.72 bits per heavy atom. The van der Waals surface area contributed by atoms with Gasteiger partial charge in [0.05, 0.1) is 0 Å². The monoisotopic (exact) mass is 497 g/mol. The topological polar surface area (TPSA) is 0 Å². The zero-order valence-electron chi connectivity index (χ0n) is 15.4. The summed E-state index contributed by atoms with van der Waals surface area (Å²) >= 11 is 0. The Balaban J connectivity index is 0.00000156. The van der Waals surface area contributed by atoms with E-state index < -0.39 is 11.6 Å². The first-order valence-electron chi connectivity index (χ1n) is 9.48. The first-order valence-corrected chi connectivity index (χ1v) is 9.48. The normalized spacial score (nSPS) is 29.4. The van der Waals surface area contributed by atoms with Crippen LogP contribution in [0.2, 0.25) is 0 Å². The average Bonchev–Trinajstić information content (AvgIpc) is 2.54. The van der Waals surface area contributed by atoms with Crippen molar-refractivity contribution in [3.05, 3.63) is 35.4 Å². The molecule has 0 amide bonds. The number of rotatable bonds is 4. The first-order chi connectivity index (χ1) is 11.1. The van der Waals surface area contributed by atoms with Crippen LogP contribution < -0.4 is 0 Å². The van der Waals surface area contributed by atoms with Crippen LogP contribution in [0.4, 0.5) is 8.78 Å². The molecule has 0 unspecified atom stereocenters. The van der Waals surface area contributed by atoms with Gasteiger partial charge in [-0.15, -0.1) is 23.8 Å². The molecule has 0 saturated heterocycles. The predicted octanol–water partition coefficient (Wildman–Crippen LogP) is 6.64. The van der Waals surface area contributed by atoms with Gasteiger partial charge in [-0.05, 0) is 49.4 Å². The van der Waals surface area contributed by atoms with Gasteiger partial charge in [-0.3, -0.25) is 0 Å². The van der Waals surface area contributed by atoms with E-state index >= 15 is 0 Å². The molecule has 0 aliphatic heterocycles. The Bertz CT molecular complexity index is 484. The van der Waals surface area contributed by atoms with Crippen LogP contribution in [0.25, 0.3) is 0 Å². The molecule has 0 atom stereocenters. The number of hydrogen-bond donors (Lipinski definition) is 0. The molecule has 3 rings (SSSR count). The molecule has 2 radical (unpaired) electrons. The summed E-state index contributed by atoms with van der Waals surface area (Å²) in [6.45, 7) is 2.38. The van der Waals surface area contributed by atoms with Crippen molar-refractivity contribution in [3.8, 4) is 0 Å². The summed E-state index contributed by atoms with van der Waals surface area (Å²) in [5, 5.41) is 0. The Hall–Kier alpha value is 1.29. The third-order valence-corrected chi connectivity index (χ3v) is 6.26. The van der Waals surface area contributed by atoms with Crippen LogP contribution in [0.1, 0.15) is 82.6 Å². The third-order valence-electron chi connectivity index (χ3n) is 6.26. The molecule has 134 valence electrons. The summed E-state index contributed by atoms with van der Waals surface area (Å²) in [5.74, 6) is 1.93. The van der Waals surface area contributed by atoms with Gasteiger partial charge in [0.15, 0.2) is 0 Å². The Morgan fingerprint density at radius 2 is 1.24 bits per heavy atom. The van der Waals surface area contributed by atoms with Gasteiger partial charge in [0.2, 0.25) is 0 Å². The maximum atomic E-state index is 13.3. The maximum Gasteiger partial charge on any atom is 0.0139 e. The molecule has 2 fully saturated rings. The Labute approximate surface area is 202 Å². The largest absolute Gasteiger partial charge is 0.236 e. The summed E-state index contributed by atoms with van der Waals surface area (Å²) in [5.41, 5.74) is 0.832. The first kappa shape index (κ1) is 24.3. The number of halogens is 2. The molecule has 0 heterocycles. The molecule has 2 saturated carbocycles. The van der Waals surface area contributed by atoms with Crippen molar-refractivity contribution in [1.82, 2.24) is 0 Å². The van der Waals surface area contributed by atoms with Crippen molar-refractivity contribution in [2.45, 2.75) is 77.0 Å². The van der Waals surface area contributed by atoms with Gasteiger partial charge < -0.3 is 0 Å². The Morgan fingerprint density at radius 1 is 0.800 bits per heavy atom. The predicted molar refractivity (Wildman–Crippen MR) is 90.2 cm³/mol. The van der Waals surface area contributed by atoms with Gasteiger partial charge in [-0.25, -0.2) is 8.78 Å². The van der Waals surface area contributed by atoms with Crippen molar-refractivity contribution in [3.63, 3.8) is 0 Å². The average molecular weight is 497 g/mol. The molecule has 2 aliphatic carbocycles. The minimum atomic E-state index is -0.561. The SMILES string of the molecule is CC1CCC(CCC2CCC(c3cc(F)[c-]c(F)c3)CC2)CC1.[Y].[Y]. The van der Waals surface area contributed by atoms with Gasteiger partial charge >= 0.3 is 0 Å². The number of benzene rings is 1. The smallest absolute Gasteiger partial charge is 0.0139 e.